The minimum atomic E-state index is -0.368. The van der Waals surface area contributed by atoms with Crippen molar-refractivity contribution in [3.8, 4) is 5.75 Å². The van der Waals surface area contributed by atoms with E-state index in [1.807, 2.05) is 38.1 Å². The fraction of sp³-hybridized carbons (Fsp3) is 0.353. The van der Waals surface area contributed by atoms with E-state index in [1.54, 1.807) is 16.5 Å². The van der Waals surface area contributed by atoms with Gasteiger partial charge in [0.05, 0.1) is 12.0 Å². The number of carbonyl (C=O) groups is 2. The van der Waals surface area contributed by atoms with E-state index >= 15 is 0 Å². The summed E-state index contributed by atoms with van der Waals surface area (Å²) in [5.74, 6) is 0.179. The number of benzene rings is 1. The molecule has 2 amide bonds. The summed E-state index contributed by atoms with van der Waals surface area (Å²) >= 11 is 1.36. The number of hydrogen-bond acceptors (Lipinski definition) is 5. The highest BCUT2D eigenvalue weighted by molar-refractivity contribution is 7.13. The SMILES string of the molecule is CC(C)Oc1ccc(N2C[C@@H](C(=O)Nc3nccs3)CC2=O)cc1. The first kappa shape index (κ1) is 16.4. The van der Waals surface area contributed by atoms with Gasteiger partial charge in [0, 0.05) is 30.2 Å². The van der Waals surface area contributed by atoms with Crippen molar-refractivity contribution in [1.82, 2.24) is 4.98 Å². The second kappa shape index (κ2) is 7.00. The van der Waals surface area contributed by atoms with Crippen molar-refractivity contribution in [2.45, 2.75) is 26.4 Å². The molecule has 7 heteroatoms. The van der Waals surface area contributed by atoms with Gasteiger partial charge in [0.15, 0.2) is 5.13 Å². The number of anilines is 2. The molecular formula is C17H19N3O3S. The Balaban J connectivity index is 1.65. The lowest BCUT2D eigenvalue weighted by molar-refractivity contribution is -0.122. The predicted octanol–water partition coefficient (Wildman–Crippen LogP) is 2.92. The summed E-state index contributed by atoms with van der Waals surface area (Å²) in [7, 11) is 0. The maximum Gasteiger partial charge on any atom is 0.231 e. The van der Waals surface area contributed by atoms with Crippen LogP contribution in [0.4, 0.5) is 10.8 Å². The molecule has 0 bridgehead atoms. The Bertz CT molecular complexity index is 713. The van der Waals surface area contributed by atoms with Gasteiger partial charge in [-0.25, -0.2) is 4.98 Å². The molecule has 2 aromatic rings. The summed E-state index contributed by atoms with van der Waals surface area (Å²) in [5.41, 5.74) is 0.778. The van der Waals surface area contributed by atoms with Gasteiger partial charge in [0.1, 0.15) is 5.75 Å². The maximum absolute atomic E-state index is 12.3. The van der Waals surface area contributed by atoms with Crippen molar-refractivity contribution < 1.29 is 14.3 Å². The zero-order valence-electron chi connectivity index (χ0n) is 13.6. The highest BCUT2D eigenvalue weighted by Gasteiger charge is 2.35. The van der Waals surface area contributed by atoms with Gasteiger partial charge in [-0.05, 0) is 38.1 Å². The van der Waals surface area contributed by atoms with Crippen molar-refractivity contribution >= 4 is 34.0 Å². The number of nitrogens with zero attached hydrogens (tertiary/aromatic N) is 2. The van der Waals surface area contributed by atoms with Crippen LogP contribution >= 0.6 is 11.3 Å². The van der Waals surface area contributed by atoms with Gasteiger partial charge in [-0.3, -0.25) is 9.59 Å². The van der Waals surface area contributed by atoms with E-state index in [0.717, 1.165) is 11.4 Å². The van der Waals surface area contributed by atoms with Crippen LogP contribution in [0.2, 0.25) is 0 Å². The summed E-state index contributed by atoms with van der Waals surface area (Å²) in [5, 5.41) is 5.11. The number of carbonyl (C=O) groups excluding carboxylic acids is 2. The minimum absolute atomic E-state index is 0.0492. The lowest BCUT2D eigenvalue weighted by Gasteiger charge is -2.17. The lowest BCUT2D eigenvalue weighted by Crippen LogP contribution is -2.28. The smallest absolute Gasteiger partial charge is 0.231 e. The highest BCUT2D eigenvalue weighted by atomic mass is 32.1. The molecular weight excluding hydrogens is 326 g/mol. The summed E-state index contributed by atoms with van der Waals surface area (Å²) in [6.45, 7) is 4.30. The number of amides is 2. The van der Waals surface area contributed by atoms with Gasteiger partial charge in [0.2, 0.25) is 11.8 Å². The van der Waals surface area contributed by atoms with Crippen LogP contribution in [0.1, 0.15) is 20.3 Å². The Hall–Kier alpha value is -2.41. The third kappa shape index (κ3) is 3.73. The number of nitrogens with one attached hydrogen (secondary N) is 1. The Morgan fingerprint density at radius 1 is 1.38 bits per heavy atom. The van der Waals surface area contributed by atoms with Gasteiger partial charge in [-0.2, -0.15) is 0 Å². The molecule has 0 radical (unpaired) electrons. The predicted molar refractivity (Wildman–Crippen MR) is 93.4 cm³/mol. The van der Waals surface area contributed by atoms with Crippen molar-refractivity contribution in [2.24, 2.45) is 5.92 Å². The van der Waals surface area contributed by atoms with Crippen molar-refractivity contribution in [3.05, 3.63) is 35.8 Å². The number of aromatic nitrogens is 1. The Morgan fingerprint density at radius 3 is 2.75 bits per heavy atom. The van der Waals surface area contributed by atoms with Crippen molar-refractivity contribution in [1.29, 1.82) is 0 Å². The average Bonchev–Trinajstić information content (AvgIpc) is 3.17. The lowest BCUT2D eigenvalue weighted by atomic mass is 10.1. The fourth-order valence-corrected chi connectivity index (χ4v) is 3.13. The molecule has 6 nitrogen and oxygen atoms in total. The highest BCUT2D eigenvalue weighted by Crippen LogP contribution is 2.28. The molecule has 1 saturated heterocycles. The Kier molecular flexibility index (Phi) is 4.80. The molecule has 3 rings (SSSR count). The van der Waals surface area contributed by atoms with Crippen LogP contribution in [0.15, 0.2) is 35.8 Å². The molecule has 0 aliphatic carbocycles. The third-order valence-corrected chi connectivity index (χ3v) is 4.37. The summed E-state index contributed by atoms with van der Waals surface area (Å²) in [6.07, 6.45) is 1.94. The average molecular weight is 345 g/mol. The number of ether oxygens (including phenoxy) is 1. The van der Waals surface area contributed by atoms with E-state index in [9.17, 15) is 9.59 Å². The van der Waals surface area contributed by atoms with Gasteiger partial charge < -0.3 is 15.0 Å². The summed E-state index contributed by atoms with van der Waals surface area (Å²) in [4.78, 5) is 30.2. The van der Waals surface area contributed by atoms with E-state index in [1.165, 1.54) is 11.3 Å². The molecule has 1 fully saturated rings. The molecule has 24 heavy (non-hydrogen) atoms. The van der Waals surface area contributed by atoms with Crippen molar-refractivity contribution in [3.63, 3.8) is 0 Å². The largest absolute Gasteiger partial charge is 0.491 e. The van der Waals surface area contributed by atoms with Crippen molar-refractivity contribution in [2.75, 3.05) is 16.8 Å². The standard InChI is InChI=1S/C17H19N3O3S/c1-11(2)23-14-5-3-13(4-6-14)20-10-12(9-15(20)21)16(22)19-17-18-7-8-24-17/h3-8,11-12H,9-10H2,1-2H3,(H,18,19,22)/t12-/m0/s1. The van der Waals surface area contributed by atoms with Crippen LogP contribution < -0.4 is 15.0 Å². The van der Waals surface area contributed by atoms with E-state index < -0.39 is 0 Å². The molecule has 1 N–H and O–H groups in total. The van der Waals surface area contributed by atoms with E-state index in [4.69, 9.17) is 4.74 Å². The monoisotopic (exact) mass is 345 g/mol. The molecule has 126 valence electrons. The number of hydrogen-bond donors (Lipinski definition) is 1. The molecule has 2 heterocycles. The van der Waals surface area contributed by atoms with Gasteiger partial charge in [-0.1, -0.05) is 0 Å². The molecule has 1 aliphatic rings. The van der Waals surface area contributed by atoms with Gasteiger partial charge in [-0.15, -0.1) is 11.3 Å². The zero-order chi connectivity index (χ0) is 17.1. The van der Waals surface area contributed by atoms with E-state index in [0.29, 0.717) is 11.7 Å². The fourth-order valence-electron chi connectivity index (χ4n) is 2.60. The minimum Gasteiger partial charge on any atom is -0.491 e. The topological polar surface area (TPSA) is 71.5 Å². The Labute approximate surface area is 144 Å². The number of rotatable bonds is 5. The normalized spacial score (nSPS) is 17.4. The van der Waals surface area contributed by atoms with Crippen LogP contribution in [-0.2, 0) is 9.59 Å². The third-order valence-electron chi connectivity index (χ3n) is 3.68. The second-order valence-electron chi connectivity index (χ2n) is 5.89. The molecule has 0 saturated carbocycles. The molecule has 1 atom stereocenters. The van der Waals surface area contributed by atoms with Gasteiger partial charge in [0.25, 0.3) is 0 Å². The van der Waals surface area contributed by atoms with E-state index in [-0.39, 0.29) is 30.3 Å². The first-order valence-corrected chi connectivity index (χ1v) is 8.68. The molecule has 0 spiro atoms. The zero-order valence-corrected chi connectivity index (χ0v) is 14.4. The Morgan fingerprint density at radius 2 is 2.12 bits per heavy atom. The quantitative estimate of drug-likeness (QED) is 0.904. The van der Waals surface area contributed by atoms with Crippen LogP contribution in [0.3, 0.4) is 0 Å². The van der Waals surface area contributed by atoms with E-state index in [2.05, 4.69) is 10.3 Å². The summed E-state index contributed by atoms with van der Waals surface area (Å²) < 4.78 is 5.60. The van der Waals surface area contributed by atoms with Crippen LogP contribution in [0.25, 0.3) is 0 Å². The first-order chi connectivity index (χ1) is 11.5. The first-order valence-electron chi connectivity index (χ1n) is 7.80. The second-order valence-corrected chi connectivity index (χ2v) is 6.79. The van der Waals surface area contributed by atoms with Crippen LogP contribution in [0.5, 0.6) is 5.75 Å². The molecule has 1 aliphatic heterocycles. The molecule has 0 unspecified atom stereocenters. The van der Waals surface area contributed by atoms with Crippen LogP contribution in [0, 0.1) is 5.92 Å². The maximum atomic E-state index is 12.3. The molecule has 1 aromatic heterocycles. The number of thiazole rings is 1. The molecule has 1 aromatic carbocycles. The summed E-state index contributed by atoms with van der Waals surface area (Å²) in [6, 6.07) is 7.37. The van der Waals surface area contributed by atoms with Crippen LogP contribution in [-0.4, -0.2) is 29.4 Å². The van der Waals surface area contributed by atoms with Gasteiger partial charge >= 0.3 is 0 Å².